The summed E-state index contributed by atoms with van der Waals surface area (Å²) in [6.07, 6.45) is 5.31. The van der Waals surface area contributed by atoms with Crippen molar-refractivity contribution in [2.75, 3.05) is 5.32 Å². The van der Waals surface area contributed by atoms with Gasteiger partial charge in [0.05, 0.1) is 18.7 Å². The molecule has 30 heavy (non-hydrogen) atoms. The molecular formula is C20H20FN7O2. The molecule has 0 amide bonds. The first kappa shape index (κ1) is 18.3. The number of hydrazone groups is 1. The third-order valence-corrected chi connectivity index (χ3v) is 5.20. The van der Waals surface area contributed by atoms with E-state index < -0.39 is 11.9 Å². The summed E-state index contributed by atoms with van der Waals surface area (Å²) in [5.74, 6) is 0.884. The lowest BCUT2D eigenvalue weighted by atomic mass is 10.1. The van der Waals surface area contributed by atoms with Crippen LogP contribution in [0.5, 0.6) is 5.88 Å². The van der Waals surface area contributed by atoms with E-state index >= 15 is 0 Å². The van der Waals surface area contributed by atoms with Gasteiger partial charge in [0.2, 0.25) is 5.88 Å². The molecule has 1 saturated carbocycles. The molecule has 1 aromatic carbocycles. The standard InChI is InChI=1S/C20H20FN7O2/c1-10-13(21)3-2-4-14(10)24-16-8-17(23-12-5-6-12)28-18(26-16)11(9-22-28)7-15-19(29)27-20(30)25-15/h2-4,7,9,12,18,29H,5-6,8H2,1H3,(H,24,26)(H2,25,27,30)/b11-7-,23-17?. The predicted octanol–water partition coefficient (Wildman–Crippen LogP) is 2.34. The number of fused-ring (bicyclic) bond motifs is 1. The van der Waals surface area contributed by atoms with Crippen molar-refractivity contribution in [3.63, 3.8) is 0 Å². The molecule has 1 unspecified atom stereocenters. The Bertz CT molecular complexity index is 1190. The van der Waals surface area contributed by atoms with Gasteiger partial charge in [0.25, 0.3) is 0 Å². The molecule has 5 rings (SSSR count). The SMILES string of the molecule is Cc1c(F)cccc1NC1=NC2/C(=C\c3[nH]c(=O)[nH]c3O)C=NN2C(=NC2CC2)C1. The largest absolute Gasteiger partial charge is 0.493 e. The minimum atomic E-state index is -0.502. The average Bonchev–Trinajstić information content (AvgIpc) is 3.34. The highest BCUT2D eigenvalue weighted by atomic mass is 19.1. The molecule has 1 aromatic heterocycles. The maximum Gasteiger partial charge on any atom is 0.326 e. The molecule has 0 bridgehead atoms. The Hall–Kier alpha value is -3.69. The molecule has 9 nitrogen and oxygen atoms in total. The molecule has 1 aliphatic carbocycles. The number of halogens is 1. The van der Waals surface area contributed by atoms with Crippen LogP contribution in [0.15, 0.2) is 43.7 Å². The van der Waals surface area contributed by atoms with Gasteiger partial charge in [-0.05, 0) is 38.0 Å². The molecular weight excluding hydrogens is 389 g/mol. The van der Waals surface area contributed by atoms with Gasteiger partial charge in [-0.25, -0.2) is 19.2 Å². The van der Waals surface area contributed by atoms with Gasteiger partial charge < -0.3 is 15.4 Å². The number of anilines is 1. The summed E-state index contributed by atoms with van der Waals surface area (Å²) in [7, 11) is 0. The average molecular weight is 409 g/mol. The van der Waals surface area contributed by atoms with Gasteiger partial charge in [-0.2, -0.15) is 5.10 Å². The van der Waals surface area contributed by atoms with Crippen molar-refractivity contribution in [3.05, 3.63) is 51.3 Å². The van der Waals surface area contributed by atoms with E-state index in [1.807, 2.05) is 0 Å². The summed E-state index contributed by atoms with van der Waals surface area (Å²) >= 11 is 0. The zero-order valence-electron chi connectivity index (χ0n) is 16.2. The lowest BCUT2D eigenvalue weighted by Crippen LogP contribution is -2.41. The molecule has 1 atom stereocenters. The van der Waals surface area contributed by atoms with Crippen molar-refractivity contribution in [1.82, 2.24) is 15.0 Å². The topological polar surface area (TPSA) is 121 Å². The van der Waals surface area contributed by atoms with Crippen molar-refractivity contribution in [3.8, 4) is 5.88 Å². The van der Waals surface area contributed by atoms with E-state index in [1.54, 1.807) is 36.4 Å². The fourth-order valence-electron chi connectivity index (χ4n) is 3.43. The number of aromatic hydroxyl groups is 1. The minimum Gasteiger partial charge on any atom is -0.493 e. The Morgan fingerprint density at radius 1 is 1.37 bits per heavy atom. The zero-order valence-corrected chi connectivity index (χ0v) is 16.2. The number of benzene rings is 1. The summed E-state index contributed by atoms with van der Waals surface area (Å²) in [4.78, 5) is 25.8. The fraction of sp³-hybridized carbons (Fsp3) is 0.300. The molecule has 0 spiro atoms. The molecule has 1 fully saturated rings. The van der Waals surface area contributed by atoms with E-state index in [-0.39, 0.29) is 17.4 Å². The number of aliphatic imine (C=N–C) groups is 2. The van der Waals surface area contributed by atoms with Gasteiger partial charge in [0.15, 0.2) is 6.17 Å². The van der Waals surface area contributed by atoms with Gasteiger partial charge in [0.1, 0.15) is 23.2 Å². The summed E-state index contributed by atoms with van der Waals surface area (Å²) in [5.41, 5.74) is 1.58. The van der Waals surface area contributed by atoms with Crippen molar-refractivity contribution >= 4 is 29.6 Å². The van der Waals surface area contributed by atoms with E-state index in [9.17, 15) is 14.3 Å². The highest BCUT2D eigenvalue weighted by Crippen LogP contribution is 2.31. The van der Waals surface area contributed by atoms with E-state index in [0.717, 1.165) is 18.7 Å². The molecule has 2 aliphatic heterocycles. The number of H-pyrrole nitrogens is 2. The van der Waals surface area contributed by atoms with Crippen molar-refractivity contribution < 1.29 is 9.50 Å². The van der Waals surface area contributed by atoms with E-state index in [0.29, 0.717) is 35.1 Å². The number of nitrogens with one attached hydrogen (secondary N) is 3. The van der Waals surface area contributed by atoms with Crippen molar-refractivity contribution in [1.29, 1.82) is 0 Å². The number of hydrogen-bond donors (Lipinski definition) is 4. The Kier molecular flexibility index (Phi) is 4.27. The van der Waals surface area contributed by atoms with Crippen LogP contribution in [0.2, 0.25) is 0 Å². The first-order chi connectivity index (χ1) is 14.5. The minimum absolute atomic E-state index is 0.250. The van der Waals surface area contributed by atoms with Crippen LogP contribution in [0.4, 0.5) is 10.1 Å². The summed E-state index contributed by atoms with van der Waals surface area (Å²) < 4.78 is 14.0. The zero-order chi connectivity index (χ0) is 20.8. The highest BCUT2D eigenvalue weighted by Gasteiger charge is 2.35. The van der Waals surface area contributed by atoms with Crippen LogP contribution in [0.1, 0.15) is 30.5 Å². The quantitative estimate of drug-likeness (QED) is 0.622. The summed E-state index contributed by atoms with van der Waals surface area (Å²) in [5, 5.41) is 19.3. The molecule has 4 N–H and O–H groups in total. The summed E-state index contributed by atoms with van der Waals surface area (Å²) in [6, 6.07) is 5.16. The first-order valence-electron chi connectivity index (χ1n) is 9.69. The predicted molar refractivity (Wildman–Crippen MR) is 112 cm³/mol. The normalized spacial score (nSPS) is 23.2. The third kappa shape index (κ3) is 3.40. The van der Waals surface area contributed by atoms with E-state index in [1.165, 1.54) is 6.07 Å². The van der Waals surface area contributed by atoms with Gasteiger partial charge in [-0.15, -0.1) is 0 Å². The Balaban J connectivity index is 1.51. The van der Waals surface area contributed by atoms with Crippen molar-refractivity contribution in [2.24, 2.45) is 15.1 Å². The molecule has 3 aliphatic rings. The monoisotopic (exact) mass is 409 g/mol. The fourth-order valence-corrected chi connectivity index (χ4v) is 3.43. The molecule has 10 heteroatoms. The maximum atomic E-state index is 14.0. The van der Waals surface area contributed by atoms with Gasteiger partial charge in [-0.1, -0.05) is 6.07 Å². The number of hydrogen-bond acceptors (Lipinski definition) is 6. The highest BCUT2D eigenvalue weighted by molar-refractivity contribution is 6.12. The molecule has 2 aromatic rings. The van der Waals surface area contributed by atoms with Gasteiger partial charge >= 0.3 is 5.69 Å². The maximum absolute atomic E-state index is 14.0. The Morgan fingerprint density at radius 3 is 2.93 bits per heavy atom. The Morgan fingerprint density at radius 2 is 2.20 bits per heavy atom. The summed E-state index contributed by atoms with van der Waals surface area (Å²) in [6.45, 7) is 1.71. The van der Waals surface area contributed by atoms with Crippen LogP contribution in [0.3, 0.4) is 0 Å². The van der Waals surface area contributed by atoms with Crippen LogP contribution >= 0.6 is 0 Å². The number of aromatic amines is 2. The number of aromatic nitrogens is 2. The van der Waals surface area contributed by atoms with E-state index in [2.05, 4.69) is 20.4 Å². The second kappa shape index (κ2) is 6.97. The van der Waals surface area contributed by atoms with E-state index in [4.69, 9.17) is 9.98 Å². The van der Waals surface area contributed by atoms with Crippen LogP contribution in [-0.4, -0.2) is 50.2 Å². The number of amidine groups is 2. The van der Waals surface area contributed by atoms with Crippen LogP contribution < -0.4 is 11.0 Å². The Labute approximate surface area is 170 Å². The first-order valence-corrected chi connectivity index (χ1v) is 9.69. The molecule has 0 radical (unpaired) electrons. The molecule has 0 saturated heterocycles. The lowest BCUT2D eigenvalue weighted by Gasteiger charge is -2.29. The third-order valence-electron chi connectivity index (χ3n) is 5.20. The molecule has 154 valence electrons. The van der Waals surface area contributed by atoms with Crippen LogP contribution in [-0.2, 0) is 0 Å². The van der Waals surface area contributed by atoms with Crippen molar-refractivity contribution in [2.45, 2.75) is 38.4 Å². The number of rotatable bonds is 3. The lowest BCUT2D eigenvalue weighted by molar-refractivity contribution is 0.388. The van der Waals surface area contributed by atoms with Crippen LogP contribution in [0.25, 0.3) is 6.08 Å². The van der Waals surface area contributed by atoms with Gasteiger partial charge in [0, 0.05) is 16.8 Å². The smallest absolute Gasteiger partial charge is 0.326 e. The van der Waals surface area contributed by atoms with Gasteiger partial charge in [-0.3, -0.25) is 9.98 Å². The molecule has 3 heterocycles. The second-order valence-corrected chi connectivity index (χ2v) is 7.52. The van der Waals surface area contributed by atoms with Crippen LogP contribution in [0, 0.1) is 12.7 Å². The second-order valence-electron chi connectivity index (χ2n) is 7.52. The number of nitrogens with zero attached hydrogens (tertiary/aromatic N) is 4. The number of imidazole rings is 1.